The molecule has 0 radical (unpaired) electrons. The van der Waals surface area contributed by atoms with Gasteiger partial charge in [-0.1, -0.05) is 12.1 Å². The summed E-state index contributed by atoms with van der Waals surface area (Å²) in [5.74, 6) is 0.810. The molecule has 166 valence electrons. The molecule has 1 saturated heterocycles. The van der Waals surface area contributed by atoms with Crippen LogP contribution in [0, 0.1) is 0 Å². The number of hydrogen-bond acceptors (Lipinski definition) is 4. The zero-order valence-corrected chi connectivity index (χ0v) is 18.5. The van der Waals surface area contributed by atoms with Crippen molar-refractivity contribution in [3.05, 3.63) is 64.8 Å². The predicted molar refractivity (Wildman–Crippen MR) is 124 cm³/mol. The number of nitrogens with zero attached hydrogens (tertiary/aromatic N) is 2. The molecule has 0 atom stereocenters. The van der Waals surface area contributed by atoms with Gasteiger partial charge in [-0.3, -0.25) is 9.59 Å². The van der Waals surface area contributed by atoms with Crippen LogP contribution in [0.25, 0.3) is 10.9 Å². The third-order valence-corrected chi connectivity index (χ3v) is 7.10. The van der Waals surface area contributed by atoms with Gasteiger partial charge in [-0.2, -0.15) is 0 Å². The molecular weight excluding hydrogens is 402 g/mol. The minimum absolute atomic E-state index is 0.300. The highest BCUT2D eigenvalue weighted by molar-refractivity contribution is 5.97. The molecule has 6 nitrogen and oxygen atoms in total. The normalized spacial score (nSPS) is 17.1. The smallest absolute Gasteiger partial charge is 0.248 e. The summed E-state index contributed by atoms with van der Waals surface area (Å²) in [6.07, 6.45) is 6.25. The van der Waals surface area contributed by atoms with Gasteiger partial charge in [0.25, 0.3) is 0 Å². The van der Waals surface area contributed by atoms with Crippen molar-refractivity contribution in [3.63, 3.8) is 0 Å². The van der Waals surface area contributed by atoms with Gasteiger partial charge in [0.15, 0.2) is 0 Å². The van der Waals surface area contributed by atoms with Crippen LogP contribution in [-0.4, -0.2) is 47.9 Å². The molecule has 1 aromatic heterocycles. The molecule has 6 heteroatoms. The van der Waals surface area contributed by atoms with Gasteiger partial charge >= 0.3 is 0 Å². The largest absolute Gasteiger partial charge is 0.496 e. The van der Waals surface area contributed by atoms with Crippen LogP contribution < -0.4 is 10.5 Å². The summed E-state index contributed by atoms with van der Waals surface area (Å²) in [6, 6.07) is 12.2. The second kappa shape index (κ2) is 8.43. The number of benzene rings is 2. The molecule has 2 N–H and O–H groups in total. The average Bonchev–Trinajstić information content (AvgIpc) is 3.40. The van der Waals surface area contributed by atoms with E-state index in [1.54, 1.807) is 13.2 Å². The van der Waals surface area contributed by atoms with E-state index >= 15 is 0 Å². The van der Waals surface area contributed by atoms with E-state index in [-0.39, 0.29) is 5.91 Å². The summed E-state index contributed by atoms with van der Waals surface area (Å²) < 4.78 is 7.92. The Morgan fingerprint density at radius 2 is 1.94 bits per heavy atom. The van der Waals surface area contributed by atoms with Crippen LogP contribution in [-0.2, 0) is 24.1 Å². The van der Waals surface area contributed by atoms with Crippen LogP contribution in [0.5, 0.6) is 5.75 Å². The van der Waals surface area contributed by atoms with Crippen molar-refractivity contribution < 1.29 is 14.3 Å². The van der Waals surface area contributed by atoms with Crippen LogP contribution >= 0.6 is 0 Å². The lowest BCUT2D eigenvalue weighted by atomic mass is 9.98. The molecule has 2 aliphatic rings. The van der Waals surface area contributed by atoms with Crippen LogP contribution in [0.2, 0.25) is 0 Å². The van der Waals surface area contributed by atoms with Gasteiger partial charge in [0.2, 0.25) is 5.91 Å². The van der Waals surface area contributed by atoms with E-state index in [1.807, 2.05) is 24.3 Å². The van der Waals surface area contributed by atoms with Crippen molar-refractivity contribution in [3.8, 4) is 5.75 Å². The fraction of sp³-hybridized carbons (Fsp3) is 0.385. The Hall–Kier alpha value is -3.12. The Labute approximate surface area is 187 Å². The fourth-order valence-corrected chi connectivity index (χ4v) is 5.36. The van der Waals surface area contributed by atoms with Gasteiger partial charge in [0.1, 0.15) is 11.5 Å². The second-order valence-electron chi connectivity index (χ2n) is 8.96. The molecule has 0 unspecified atom stereocenters. The minimum atomic E-state index is -0.390. The van der Waals surface area contributed by atoms with E-state index in [0.717, 1.165) is 55.5 Å². The zero-order valence-electron chi connectivity index (χ0n) is 18.5. The van der Waals surface area contributed by atoms with Crippen molar-refractivity contribution >= 4 is 22.6 Å². The van der Waals surface area contributed by atoms with Crippen molar-refractivity contribution in [2.24, 2.45) is 5.73 Å². The molecule has 5 rings (SSSR count). The number of fused-ring (bicyclic) bond motifs is 2. The summed E-state index contributed by atoms with van der Waals surface area (Å²) in [4.78, 5) is 26.1. The monoisotopic (exact) mass is 431 g/mol. The standard InChI is InChI=1S/C26H29N3O3/c1-32-25-5-4-18-14-21(30)16-23(18)22(25)9-12-28-10-7-20(8-11-28)29-13-6-17-2-3-19(26(27)31)15-24(17)29/h2-6,13,15,20H,7-12,14,16H2,1H3,(H2,27,31). The average molecular weight is 432 g/mol. The first-order chi connectivity index (χ1) is 15.5. The molecule has 2 heterocycles. The number of carbonyl (C=O) groups is 2. The highest BCUT2D eigenvalue weighted by atomic mass is 16.5. The number of carbonyl (C=O) groups excluding carboxylic acids is 2. The second-order valence-corrected chi connectivity index (χ2v) is 8.96. The number of piperidine rings is 1. The number of rotatable bonds is 6. The molecule has 1 amide bonds. The third-order valence-electron chi connectivity index (χ3n) is 7.10. The van der Waals surface area contributed by atoms with Crippen LogP contribution in [0.1, 0.15) is 45.9 Å². The molecule has 0 bridgehead atoms. The zero-order chi connectivity index (χ0) is 22.2. The Balaban J connectivity index is 1.25. The van der Waals surface area contributed by atoms with Crippen LogP contribution in [0.3, 0.4) is 0 Å². The molecule has 1 fully saturated rings. The Kier molecular flexibility index (Phi) is 5.47. The number of likely N-dealkylation sites (tertiary alicyclic amines) is 1. The van der Waals surface area contributed by atoms with Crippen molar-refractivity contribution in [2.45, 2.75) is 38.1 Å². The summed E-state index contributed by atoms with van der Waals surface area (Å²) in [5, 5.41) is 1.14. The van der Waals surface area contributed by atoms with Crippen LogP contribution in [0.4, 0.5) is 0 Å². The number of amides is 1. The summed E-state index contributed by atoms with van der Waals surface area (Å²) in [6.45, 7) is 3.01. The first kappa shape index (κ1) is 20.8. The Morgan fingerprint density at radius 1 is 1.12 bits per heavy atom. The van der Waals surface area contributed by atoms with Crippen molar-refractivity contribution in [2.75, 3.05) is 26.7 Å². The number of nitrogens with two attached hydrogens (primary N) is 1. The lowest BCUT2D eigenvalue weighted by molar-refractivity contribution is -0.117. The topological polar surface area (TPSA) is 77.6 Å². The van der Waals surface area contributed by atoms with Crippen molar-refractivity contribution in [1.82, 2.24) is 9.47 Å². The molecule has 2 aromatic carbocycles. The fourth-order valence-electron chi connectivity index (χ4n) is 5.36. The van der Waals surface area contributed by atoms with E-state index in [1.165, 1.54) is 16.7 Å². The molecule has 0 saturated carbocycles. The lowest BCUT2D eigenvalue weighted by Crippen LogP contribution is -2.36. The number of aromatic nitrogens is 1. The maximum atomic E-state index is 12.0. The van der Waals surface area contributed by atoms with E-state index in [2.05, 4.69) is 21.7 Å². The summed E-state index contributed by atoms with van der Waals surface area (Å²) >= 11 is 0. The van der Waals surface area contributed by atoms with E-state index in [4.69, 9.17) is 10.5 Å². The molecule has 3 aromatic rings. The van der Waals surface area contributed by atoms with Crippen LogP contribution in [0.15, 0.2) is 42.6 Å². The number of hydrogen-bond donors (Lipinski definition) is 1. The third kappa shape index (κ3) is 3.79. The first-order valence-corrected chi connectivity index (χ1v) is 11.4. The minimum Gasteiger partial charge on any atom is -0.496 e. The van der Waals surface area contributed by atoms with E-state index in [0.29, 0.717) is 30.2 Å². The van der Waals surface area contributed by atoms with E-state index in [9.17, 15) is 9.59 Å². The lowest BCUT2D eigenvalue weighted by Gasteiger charge is -2.33. The number of Topliss-reactive ketones (excluding diaryl/α,β-unsaturated/α-hetero) is 1. The van der Waals surface area contributed by atoms with E-state index < -0.39 is 0 Å². The number of primary amides is 1. The highest BCUT2D eigenvalue weighted by Crippen LogP contribution is 2.32. The number of ketones is 1. The van der Waals surface area contributed by atoms with Gasteiger partial charge in [-0.05, 0) is 65.6 Å². The maximum Gasteiger partial charge on any atom is 0.248 e. The quantitative estimate of drug-likeness (QED) is 0.650. The SMILES string of the molecule is COc1ccc2c(c1CCN1CCC(n3ccc4ccc(C(N)=O)cc43)CC1)CC(=O)C2. The van der Waals surface area contributed by atoms with Gasteiger partial charge in [-0.25, -0.2) is 0 Å². The van der Waals surface area contributed by atoms with Gasteiger partial charge < -0.3 is 19.9 Å². The van der Waals surface area contributed by atoms with Gasteiger partial charge in [0, 0.05) is 55.8 Å². The summed E-state index contributed by atoms with van der Waals surface area (Å²) in [7, 11) is 1.71. The van der Waals surface area contributed by atoms with Crippen molar-refractivity contribution in [1.29, 1.82) is 0 Å². The highest BCUT2D eigenvalue weighted by Gasteiger charge is 2.25. The maximum absolute atomic E-state index is 12.0. The first-order valence-electron chi connectivity index (χ1n) is 11.4. The molecule has 0 spiro atoms. The summed E-state index contributed by atoms with van der Waals surface area (Å²) in [5.41, 5.74) is 10.7. The molecule has 1 aliphatic carbocycles. The number of methoxy groups -OCH3 is 1. The number of ether oxygens (including phenoxy) is 1. The Bertz CT molecular complexity index is 1190. The van der Waals surface area contributed by atoms with Gasteiger partial charge in [-0.15, -0.1) is 0 Å². The predicted octanol–water partition coefficient (Wildman–Crippen LogP) is 3.30. The molecular formula is C26H29N3O3. The Morgan fingerprint density at radius 3 is 2.69 bits per heavy atom. The molecule has 32 heavy (non-hydrogen) atoms. The molecule has 1 aliphatic heterocycles. The van der Waals surface area contributed by atoms with Gasteiger partial charge in [0.05, 0.1) is 7.11 Å².